The van der Waals surface area contributed by atoms with Crippen molar-refractivity contribution in [2.75, 3.05) is 90.4 Å². The molecule has 8 rings (SSSR count). The summed E-state index contributed by atoms with van der Waals surface area (Å²) in [7, 11) is 1.40. The average Bonchev–Trinajstić information content (AvgIpc) is 1.62. The lowest BCUT2D eigenvalue weighted by atomic mass is 9.93. The minimum atomic E-state index is -2.59. The van der Waals surface area contributed by atoms with Gasteiger partial charge in [-0.1, -0.05) is 71.2 Å². The Balaban J connectivity index is 0.873. The van der Waals surface area contributed by atoms with Crippen LogP contribution in [0.5, 0.6) is 5.75 Å². The smallest absolute Gasteiger partial charge is 0.415 e. The SMILES string of the molecule is CC[C@H](C)[C@@H]1NC(=O)CNC(=O)[C@H]2Cc3c([nH]c4cc(OC(=O)N(CCN(C)C(=O)OCc5ccc(NC(=O)[C@H](CC(N)=O)NC(=O)[C@H](C)NC(=O)[C@H](C)NC(=O)CCOCCOCCNC(=O)c6ccc7nc(CBr)c(CBr)nc7c6)cc5)C(C)C)ccc34)[S+]([O-])C[C@H](NC(=O)CNC1=O)C(=O)N[C@@H](CC(N)=O)C(=O)N1C[C@H](O)C[C@H]1C(=O)N[C@@H]([C@@H](C)[C@@H](O)CO)C(=O)N2. The highest BCUT2D eigenvalue weighted by Crippen LogP contribution is 2.33. The summed E-state index contributed by atoms with van der Waals surface area (Å²) in [5, 5.41) is 62.8. The van der Waals surface area contributed by atoms with Crippen LogP contribution >= 0.6 is 31.9 Å². The van der Waals surface area contributed by atoms with Gasteiger partial charge in [0, 0.05) is 115 Å². The number of ether oxygens (including phenoxy) is 4. The molecule has 2 aromatic heterocycles. The molecule has 0 radical (unpaired) electrons. The van der Waals surface area contributed by atoms with Crippen LogP contribution in [0.2, 0.25) is 0 Å². The zero-order chi connectivity index (χ0) is 95.5. The second-order valence-electron chi connectivity index (χ2n) is 31.5. The van der Waals surface area contributed by atoms with Gasteiger partial charge in [0.05, 0.1) is 99.1 Å². The number of nitrogens with one attached hydrogen (secondary N) is 13. The minimum absolute atomic E-state index is 0.0194. The van der Waals surface area contributed by atoms with Crippen LogP contribution in [0.15, 0.2) is 65.7 Å². The number of aliphatic hydroxyl groups is 3. The lowest BCUT2D eigenvalue weighted by Gasteiger charge is -2.32. The first kappa shape index (κ1) is 104. The molecule has 3 aliphatic rings. The van der Waals surface area contributed by atoms with Crippen LogP contribution < -0.4 is 80.0 Å². The fourth-order valence-corrected chi connectivity index (χ4v) is 16.1. The maximum absolute atomic E-state index is 15.3. The first-order chi connectivity index (χ1) is 61.7. The van der Waals surface area contributed by atoms with Crippen LogP contribution in [0, 0.1) is 11.8 Å². The molecule has 14 atom stereocenters. The fourth-order valence-electron chi connectivity index (χ4n) is 13.8. The highest BCUT2D eigenvalue weighted by molar-refractivity contribution is 9.09. The Morgan fingerprint density at radius 2 is 1.35 bits per heavy atom. The molecule has 0 aliphatic carbocycles. The number of hydrogen-bond donors (Lipinski definition) is 18. The maximum Gasteiger partial charge on any atom is 0.415 e. The third-order valence-corrected chi connectivity index (χ3v) is 23.9. The van der Waals surface area contributed by atoms with Crippen LogP contribution in [0.25, 0.3) is 21.9 Å². The quantitative estimate of drug-likeness (QED) is 0.0108. The number of carbonyl (C=O) groups is 17. The van der Waals surface area contributed by atoms with Gasteiger partial charge in [-0.3, -0.25) is 71.9 Å². The molecule has 5 heterocycles. The Morgan fingerprint density at radius 3 is 2.01 bits per heavy atom. The van der Waals surface area contributed by atoms with Gasteiger partial charge in [-0.05, 0) is 81.6 Å². The van der Waals surface area contributed by atoms with E-state index >= 15 is 4.55 Å². The summed E-state index contributed by atoms with van der Waals surface area (Å²) in [5.74, 6) is -17.3. The second kappa shape index (κ2) is 49.3. The normalized spacial score (nSPS) is 20.4. The number of hydrogen-bond acceptors (Lipinski definition) is 27. The number of likely N-dealkylation sites (N-methyl/N-ethyl adjacent to an activating group) is 1. The average molecular weight is 1970 g/mol. The number of H-pyrrole nitrogens is 1. The van der Waals surface area contributed by atoms with Crippen LogP contribution in [0.4, 0.5) is 15.3 Å². The molecule has 45 nitrogen and oxygen atoms in total. The maximum atomic E-state index is 15.3. The van der Waals surface area contributed by atoms with E-state index in [0.717, 1.165) is 16.3 Å². The fraction of sp³-hybridized carbons (Fsp3) is 0.524. The number of fused-ring (bicyclic) bond motifs is 6. The third kappa shape index (κ3) is 29.6. The predicted molar refractivity (Wildman–Crippen MR) is 471 cm³/mol. The second-order valence-corrected chi connectivity index (χ2v) is 34.1. The summed E-state index contributed by atoms with van der Waals surface area (Å²) in [6.07, 6.45) is -7.55. The number of amides is 17. The number of rotatable bonds is 35. The molecule has 708 valence electrons. The van der Waals surface area contributed by atoms with Crippen molar-refractivity contribution >= 4 is 171 Å². The molecule has 0 spiro atoms. The number of aromatic nitrogens is 3. The highest BCUT2D eigenvalue weighted by atomic mass is 79.9. The number of aromatic amines is 1. The molecular weight excluding hydrogens is 1860 g/mol. The van der Waals surface area contributed by atoms with E-state index in [0.29, 0.717) is 39.2 Å². The summed E-state index contributed by atoms with van der Waals surface area (Å²) < 4.78 is 37.8. The summed E-state index contributed by atoms with van der Waals surface area (Å²) in [4.78, 5) is 248. The minimum Gasteiger partial charge on any atom is -0.610 e. The van der Waals surface area contributed by atoms with Gasteiger partial charge in [0.1, 0.15) is 66.4 Å². The predicted octanol–water partition coefficient (Wildman–Crippen LogP) is -3.25. The number of primary amides is 2. The zero-order valence-electron chi connectivity index (χ0n) is 72.6. The largest absolute Gasteiger partial charge is 0.610 e. The number of nitrogens with two attached hydrogens (primary N) is 2. The van der Waals surface area contributed by atoms with Crippen molar-refractivity contribution < 1.29 is 120 Å². The molecular formula is C82H110Br2N20O25S. The van der Waals surface area contributed by atoms with E-state index in [1.807, 2.05) is 0 Å². The lowest BCUT2D eigenvalue weighted by molar-refractivity contribution is -0.144. The van der Waals surface area contributed by atoms with Crippen LogP contribution in [0.1, 0.15) is 113 Å². The van der Waals surface area contributed by atoms with E-state index in [1.54, 1.807) is 45.9 Å². The van der Waals surface area contributed by atoms with Crippen molar-refractivity contribution in [2.45, 2.75) is 182 Å². The van der Waals surface area contributed by atoms with Gasteiger partial charge in [-0.25, -0.2) is 19.6 Å². The molecule has 48 heteroatoms. The molecule has 130 heavy (non-hydrogen) atoms. The molecule has 20 N–H and O–H groups in total. The molecule has 3 aliphatic heterocycles. The summed E-state index contributed by atoms with van der Waals surface area (Å²) >= 11 is 4.25. The highest BCUT2D eigenvalue weighted by Gasteiger charge is 2.46. The Bertz CT molecular complexity index is 4980. The molecule has 1 fully saturated rings. The van der Waals surface area contributed by atoms with Gasteiger partial charge < -0.3 is 134 Å². The van der Waals surface area contributed by atoms with Crippen molar-refractivity contribution in [3.05, 3.63) is 88.7 Å². The van der Waals surface area contributed by atoms with Gasteiger partial charge in [0.25, 0.3) is 5.91 Å². The molecule has 2 bridgehead atoms. The number of halogens is 2. The van der Waals surface area contributed by atoms with Crippen LogP contribution in [0.3, 0.4) is 0 Å². The molecule has 3 aromatic carbocycles. The van der Waals surface area contributed by atoms with Crippen molar-refractivity contribution in [1.82, 2.24) is 88.1 Å². The van der Waals surface area contributed by atoms with Gasteiger partial charge in [0.2, 0.25) is 87.7 Å². The van der Waals surface area contributed by atoms with Gasteiger partial charge in [-0.15, -0.1) is 0 Å². The zero-order valence-corrected chi connectivity index (χ0v) is 76.6. The van der Waals surface area contributed by atoms with Crippen molar-refractivity contribution in [3.8, 4) is 5.75 Å². The van der Waals surface area contributed by atoms with E-state index in [2.05, 4.69) is 111 Å². The van der Waals surface area contributed by atoms with Crippen molar-refractivity contribution in [2.24, 2.45) is 23.3 Å². The lowest BCUT2D eigenvalue weighted by Crippen LogP contribution is -2.62. The molecule has 5 aromatic rings. The first-order valence-corrected chi connectivity index (χ1v) is 45.2. The van der Waals surface area contributed by atoms with Crippen LogP contribution in [-0.4, -0.2) is 308 Å². The van der Waals surface area contributed by atoms with E-state index in [-0.39, 0.29) is 97.9 Å². The topological polar surface area (TPSA) is 659 Å². The number of alkyl halides is 2. The molecule has 17 amide bonds. The molecule has 1 unspecified atom stereocenters. The number of aliphatic hydroxyl groups excluding tert-OH is 3. The standard InChI is InChI=1S/C82H110Br2N20O25S/c1-9-41(4)68-77(120)89-34-66(111)95-60-39-130(125)79-51(29-55(73(116)88-35-67(112)100-68)97-78(121)69(42(5)62(107)37-105)101-76(119)61-27-48(106)36-104(61)80(122)57(31-64(86)109)98-75(60)118)50-16-15-49(28-53(50)99-79)129-82(124)103(40(2)3)21-20-102(8)81(123)128-38-45-10-13-47(14-11-45)92-74(117)56(30-63(85)108)96-71(114)44(7)91-70(113)43(6)90-65(110)18-22-126-24-25-127-23-19-87-72(115)46-12-17-52-54(26-46)94-59(33-84)58(32-83)93-52/h10-17,26,28,40-44,48,55-57,60-62,68-69,99,105-107H,9,18-25,27,29-39H2,1-8H3,(H2,85,108)(H2,86,109)(H,87,115)(H,88,116)(H,89,120)(H,90,110)(H,91,113)(H,92,117)(H,95,111)(H,96,114)(H,97,121)(H,98,118)(H,100,112)(H,101,119)/t41-,42-,43-,44-,48+,55+,56-,57-,60-,61-,62-,68-,69-,130?/m0/s1. The van der Waals surface area contributed by atoms with E-state index in [9.17, 15) is 96.8 Å². The van der Waals surface area contributed by atoms with Crippen molar-refractivity contribution in [3.63, 3.8) is 0 Å². The molecule has 1 saturated heterocycles. The van der Waals surface area contributed by atoms with E-state index in [1.165, 1.54) is 80.1 Å². The molecule has 0 saturated carbocycles. The number of benzene rings is 3. The first-order valence-electron chi connectivity index (χ1n) is 41.7. The summed E-state index contributed by atoms with van der Waals surface area (Å²) in [6, 6.07) is -0.275. The van der Waals surface area contributed by atoms with Gasteiger partial charge in [0.15, 0.2) is 6.04 Å². The number of nitrogens with zero attached hydrogens (tertiary/aromatic N) is 5. The Morgan fingerprint density at radius 1 is 0.700 bits per heavy atom. The Hall–Kier alpha value is -11.8. The van der Waals surface area contributed by atoms with E-state index < -0.39 is 248 Å². The van der Waals surface area contributed by atoms with Gasteiger partial charge in [-0.2, -0.15) is 0 Å². The summed E-state index contributed by atoms with van der Waals surface area (Å²) in [5.41, 5.74) is 14.8. The van der Waals surface area contributed by atoms with Gasteiger partial charge >= 0.3 is 12.2 Å². The van der Waals surface area contributed by atoms with Crippen LogP contribution in [-0.2, 0) is 116 Å². The Kier molecular flexibility index (Phi) is 39.3. The summed E-state index contributed by atoms with van der Waals surface area (Å²) in [6.45, 7) is 7.39. The monoisotopic (exact) mass is 1960 g/mol. The number of carbonyl (C=O) groups excluding carboxylic acids is 17. The number of anilines is 1. The Labute approximate surface area is 765 Å². The van der Waals surface area contributed by atoms with Crippen molar-refractivity contribution in [1.29, 1.82) is 0 Å². The third-order valence-electron chi connectivity index (χ3n) is 21.4. The van der Waals surface area contributed by atoms with E-state index in [4.69, 9.17) is 30.4 Å².